The molecule has 15 heavy (non-hydrogen) atoms. The maximum absolute atomic E-state index is 10.6. The van der Waals surface area contributed by atoms with Crippen LogP contribution in [0, 0.1) is 6.92 Å². The molecule has 0 saturated heterocycles. The number of aromatic hydroxyl groups is 1. The average Bonchev–Trinajstić information content (AvgIpc) is 2.18. The van der Waals surface area contributed by atoms with Crippen LogP contribution >= 0.6 is 11.6 Å². The van der Waals surface area contributed by atoms with E-state index >= 15 is 0 Å². The highest BCUT2D eigenvalue weighted by Crippen LogP contribution is 2.30. The van der Waals surface area contributed by atoms with Crippen LogP contribution in [0.5, 0.6) is 5.75 Å². The van der Waals surface area contributed by atoms with E-state index in [-0.39, 0.29) is 17.2 Å². The predicted molar refractivity (Wildman–Crippen MR) is 57.2 cm³/mol. The summed E-state index contributed by atoms with van der Waals surface area (Å²) in [5.41, 5.74) is 6.64. The number of aliphatic carboxylic acids is 1. The van der Waals surface area contributed by atoms with Crippen LogP contribution in [0.15, 0.2) is 12.1 Å². The van der Waals surface area contributed by atoms with Gasteiger partial charge in [0, 0.05) is 12.0 Å². The van der Waals surface area contributed by atoms with Crippen molar-refractivity contribution in [2.24, 2.45) is 5.73 Å². The average molecular weight is 230 g/mol. The van der Waals surface area contributed by atoms with Crippen molar-refractivity contribution in [3.8, 4) is 5.75 Å². The van der Waals surface area contributed by atoms with Crippen LogP contribution in [0.3, 0.4) is 0 Å². The van der Waals surface area contributed by atoms with Crippen molar-refractivity contribution in [2.75, 3.05) is 0 Å². The van der Waals surface area contributed by atoms with Crippen molar-refractivity contribution in [3.63, 3.8) is 0 Å². The van der Waals surface area contributed by atoms with Crippen LogP contribution in [0.2, 0.25) is 5.02 Å². The van der Waals surface area contributed by atoms with E-state index < -0.39 is 12.0 Å². The highest BCUT2D eigenvalue weighted by molar-refractivity contribution is 6.32. The summed E-state index contributed by atoms with van der Waals surface area (Å²) in [6.07, 6.45) is 0.0631. The zero-order valence-electron chi connectivity index (χ0n) is 8.20. The molecule has 4 nitrogen and oxygen atoms in total. The molecule has 0 aromatic heterocycles. The number of benzene rings is 1. The van der Waals surface area contributed by atoms with Gasteiger partial charge >= 0.3 is 5.97 Å². The van der Waals surface area contributed by atoms with E-state index in [4.69, 9.17) is 22.4 Å². The number of hydrogen-bond donors (Lipinski definition) is 3. The van der Waals surface area contributed by atoms with Crippen molar-refractivity contribution in [3.05, 3.63) is 28.3 Å². The molecule has 1 unspecified atom stereocenters. The molecule has 1 aromatic carbocycles. The first-order chi connectivity index (χ1) is 6.93. The standard InChI is InChI=1S/C10H12ClNO3/c1-5-2-3-7(11)9(13)6(5)4-8(12)10(14)15/h2-3,8,13H,4,12H2,1H3,(H,14,15). The lowest BCUT2D eigenvalue weighted by molar-refractivity contribution is -0.138. The Morgan fingerprint density at radius 3 is 2.73 bits per heavy atom. The van der Waals surface area contributed by atoms with Crippen molar-refractivity contribution >= 4 is 17.6 Å². The normalized spacial score (nSPS) is 12.5. The third-order valence-electron chi connectivity index (χ3n) is 2.21. The summed E-state index contributed by atoms with van der Waals surface area (Å²) in [5.74, 6) is -1.19. The molecule has 0 fully saturated rings. The van der Waals surface area contributed by atoms with Gasteiger partial charge in [-0.2, -0.15) is 0 Å². The molecular formula is C10H12ClNO3. The second kappa shape index (κ2) is 4.51. The molecule has 1 aromatic rings. The maximum Gasteiger partial charge on any atom is 0.320 e. The molecule has 0 heterocycles. The van der Waals surface area contributed by atoms with Crippen molar-refractivity contribution in [1.82, 2.24) is 0 Å². The van der Waals surface area contributed by atoms with Crippen LogP contribution in [0.4, 0.5) is 0 Å². The molecule has 1 atom stereocenters. The zero-order valence-corrected chi connectivity index (χ0v) is 8.95. The van der Waals surface area contributed by atoms with Gasteiger partial charge < -0.3 is 15.9 Å². The largest absolute Gasteiger partial charge is 0.506 e. The molecule has 0 amide bonds. The predicted octanol–water partition coefficient (Wildman–Crippen LogP) is 1.31. The number of hydrogen-bond acceptors (Lipinski definition) is 3. The van der Waals surface area contributed by atoms with Gasteiger partial charge in [-0.05, 0) is 18.6 Å². The minimum absolute atomic E-state index is 0.0631. The van der Waals surface area contributed by atoms with Crippen LogP contribution < -0.4 is 5.73 Å². The molecule has 0 spiro atoms. The quantitative estimate of drug-likeness (QED) is 0.730. The second-order valence-corrected chi connectivity index (χ2v) is 3.75. The lowest BCUT2D eigenvalue weighted by Gasteiger charge is -2.12. The zero-order chi connectivity index (χ0) is 11.6. The number of phenolic OH excluding ortho intramolecular Hbond substituents is 1. The van der Waals surface area contributed by atoms with E-state index in [1.54, 1.807) is 19.1 Å². The van der Waals surface area contributed by atoms with Gasteiger partial charge in [-0.25, -0.2) is 0 Å². The Bertz CT molecular complexity index is 392. The topological polar surface area (TPSA) is 83.5 Å². The summed E-state index contributed by atoms with van der Waals surface area (Å²) in [7, 11) is 0. The molecule has 5 heteroatoms. The van der Waals surface area contributed by atoms with E-state index in [9.17, 15) is 9.90 Å². The Morgan fingerprint density at radius 1 is 1.60 bits per heavy atom. The Morgan fingerprint density at radius 2 is 2.20 bits per heavy atom. The molecule has 0 aliphatic heterocycles. The highest BCUT2D eigenvalue weighted by Gasteiger charge is 2.17. The fraction of sp³-hybridized carbons (Fsp3) is 0.300. The highest BCUT2D eigenvalue weighted by atomic mass is 35.5. The first kappa shape index (κ1) is 11.8. The first-order valence-corrected chi connectivity index (χ1v) is 4.76. The molecule has 0 aliphatic rings. The molecule has 0 bridgehead atoms. The van der Waals surface area contributed by atoms with Crippen molar-refractivity contribution < 1.29 is 15.0 Å². The van der Waals surface area contributed by atoms with Crippen LogP contribution in [-0.2, 0) is 11.2 Å². The number of rotatable bonds is 3. The minimum atomic E-state index is -1.10. The molecule has 0 aliphatic carbocycles. The Hall–Kier alpha value is -1.26. The Kier molecular flexibility index (Phi) is 3.55. The van der Waals surface area contributed by atoms with Gasteiger partial charge in [-0.15, -0.1) is 0 Å². The summed E-state index contributed by atoms with van der Waals surface area (Å²) in [5, 5.41) is 18.5. The van der Waals surface area contributed by atoms with Gasteiger partial charge in [0.25, 0.3) is 0 Å². The van der Waals surface area contributed by atoms with Crippen LogP contribution in [0.1, 0.15) is 11.1 Å². The molecule has 82 valence electrons. The number of halogens is 1. The summed E-state index contributed by atoms with van der Waals surface area (Å²) < 4.78 is 0. The fourth-order valence-electron chi connectivity index (χ4n) is 1.27. The third kappa shape index (κ3) is 2.61. The molecular weight excluding hydrogens is 218 g/mol. The fourth-order valence-corrected chi connectivity index (χ4v) is 1.45. The first-order valence-electron chi connectivity index (χ1n) is 4.38. The lowest BCUT2D eigenvalue weighted by Crippen LogP contribution is -2.32. The summed E-state index contributed by atoms with van der Waals surface area (Å²) >= 11 is 5.71. The van der Waals surface area contributed by atoms with Crippen LogP contribution in [-0.4, -0.2) is 22.2 Å². The molecule has 1 rings (SSSR count). The van der Waals surface area contributed by atoms with E-state index in [2.05, 4.69) is 0 Å². The van der Waals surface area contributed by atoms with E-state index in [0.717, 1.165) is 5.56 Å². The molecule has 4 N–H and O–H groups in total. The Balaban J connectivity index is 3.03. The van der Waals surface area contributed by atoms with Crippen LogP contribution in [0.25, 0.3) is 0 Å². The van der Waals surface area contributed by atoms with E-state index in [1.165, 1.54) is 0 Å². The third-order valence-corrected chi connectivity index (χ3v) is 2.51. The van der Waals surface area contributed by atoms with E-state index in [1.807, 2.05) is 0 Å². The SMILES string of the molecule is Cc1ccc(Cl)c(O)c1CC(N)C(=O)O. The number of nitrogens with two attached hydrogens (primary N) is 1. The summed E-state index contributed by atoms with van der Waals surface area (Å²) in [6.45, 7) is 1.76. The summed E-state index contributed by atoms with van der Waals surface area (Å²) in [6, 6.07) is 2.24. The number of phenols is 1. The number of aryl methyl sites for hydroxylation is 1. The monoisotopic (exact) mass is 229 g/mol. The minimum Gasteiger partial charge on any atom is -0.506 e. The van der Waals surface area contributed by atoms with Gasteiger partial charge in [-0.3, -0.25) is 4.79 Å². The number of carboxylic acid groups (broad SMARTS) is 1. The summed E-state index contributed by atoms with van der Waals surface area (Å²) in [4.78, 5) is 10.6. The van der Waals surface area contributed by atoms with E-state index in [0.29, 0.717) is 5.56 Å². The lowest BCUT2D eigenvalue weighted by atomic mass is 10.0. The van der Waals surface area contributed by atoms with Crippen molar-refractivity contribution in [2.45, 2.75) is 19.4 Å². The molecule has 0 saturated carbocycles. The van der Waals surface area contributed by atoms with Gasteiger partial charge in [0.15, 0.2) is 0 Å². The van der Waals surface area contributed by atoms with Crippen molar-refractivity contribution in [1.29, 1.82) is 0 Å². The number of carboxylic acids is 1. The maximum atomic E-state index is 10.6. The van der Waals surface area contributed by atoms with Gasteiger partial charge in [0.2, 0.25) is 0 Å². The smallest absolute Gasteiger partial charge is 0.320 e. The Labute approximate surface area is 92.3 Å². The molecule has 0 radical (unpaired) electrons. The van der Waals surface area contributed by atoms with Gasteiger partial charge in [0.1, 0.15) is 11.8 Å². The second-order valence-electron chi connectivity index (χ2n) is 3.34. The van der Waals surface area contributed by atoms with Gasteiger partial charge in [0.05, 0.1) is 5.02 Å². The number of carbonyl (C=O) groups is 1. The van der Waals surface area contributed by atoms with Gasteiger partial charge in [-0.1, -0.05) is 17.7 Å².